The highest BCUT2D eigenvalue weighted by atomic mass is 16.5. The van der Waals surface area contributed by atoms with Crippen LogP contribution in [0.5, 0.6) is 28.7 Å². The number of aryl methyl sites for hydroxylation is 5. The lowest BCUT2D eigenvalue weighted by Gasteiger charge is -2.30. The highest BCUT2D eigenvalue weighted by Gasteiger charge is 2.23. The molecular formula is C30H31NO4. The number of phenolic OH excluding ortho intramolecular Hbond substituents is 3. The van der Waals surface area contributed by atoms with Gasteiger partial charge in [0.1, 0.15) is 28.7 Å². The predicted octanol–water partition coefficient (Wildman–Crippen LogP) is 7.92. The summed E-state index contributed by atoms with van der Waals surface area (Å²) < 4.78 is 6.12. The van der Waals surface area contributed by atoms with Crippen LogP contribution in [0, 0.1) is 41.5 Å². The molecule has 3 N–H and O–H groups in total. The Morgan fingerprint density at radius 2 is 1.09 bits per heavy atom. The Morgan fingerprint density at radius 3 is 1.57 bits per heavy atom. The Kier molecular flexibility index (Phi) is 6.35. The van der Waals surface area contributed by atoms with Crippen molar-refractivity contribution in [2.24, 2.45) is 0 Å². The van der Waals surface area contributed by atoms with Gasteiger partial charge in [0, 0.05) is 11.3 Å². The molecule has 0 aliphatic carbocycles. The van der Waals surface area contributed by atoms with Gasteiger partial charge in [-0.2, -0.15) is 0 Å². The van der Waals surface area contributed by atoms with Gasteiger partial charge in [0.05, 0.1) is 11.4 Å². The molecule has 0 bridgehead atoms. The van der Waals surface area contributed by atoms with E-state index in [4.69, 9.17) is 4.74 Å². The molecule has 4 aromatic rings. The van der Waals surface area contributed by atoms with Crippen molar-refractivity contribution in [1.82, 2.24) is 0 Å². The molecule has 5 heteroatoms. The summed E-state index contributed by atoms with van der Waals surface area (Å²) in [5, 5.41) is 32.0. The van der Waals surface area contributed by atoms with Crippen molar-refractivity contribution in [3.05, 3.63) is 94.0 Å². The zero-order chi connectivity index (χ0) is 25.4. The maximum atomic E-state index is 11.0. The summed E-state index contributed by atoms with van der Waals surface area (Å²) in [4.78, 5) is 1.88. The normalized spacial score (nSPS) is 10.9. The van der Waals surface area contributed by atoms with E-state index in [1.807, 2.05) is 88.9 Å². The molecule has 180 valence electrons. The predicted molar refractivity (Wildman–Crippen MR) is 141 cm³/mol. The van der Waals surface area contributed by atoms with Crippen LogP contribution in [0.1, 0.15) is 33.4 Å². The van der Waals surface area contributed by atoms with Crippen LogP contribution in [-0.2, 0) is 0 Å². The second kappa shape index (κ2) is 9.26. The molecule has 0 amide bonds. The molecule has 4 rings (SSSR count). The van der Waals surface area contributed by atoms with E-state index in [9.17, 15) is 15.3 Å². The molecule has 5 nitrogen and oxygen atoms in total. The van der Waals surface area contributed by atoms with Crippen molar-refractivity contribution >= 4 is 17.1 Å². The fraction of sp³-hybridized carbons (Fsp3) is 0.200. The second-order valence-corrected chi connectivity index (χ2v) is 9.19. The van der Waals surface area contributed by atoms with Crippen molar-refractivity contribution in [3.63, 3.8) is 0 Å². The van der Waals surface area contributed by atoms with Gasteiger partial charge in [0.25, 0.3) is 0 Å². The third-order valence-corrected chi connectivity index (χ3v) is 6.19. The first-order valence-corrected chi connectivity index (χ1v) is 11.5. The van der Waals surface area contributed by atoms with Gasteiger partial charge >= 0.3 is 0 Å². The monoisotopic (exact) mass is 469 g/mol. The highest BCUT2D eigenvalue weighted by molar-refractivity contribution is 5.86. The van der Waals surface area contributed by atoms with Crippen molar-refractivity contribution < 1.29 is 20.1 Å². The van der Waals surface area contributed by atoms with Crippen LogP contribution in [-0.4, -0.2) is 15.3 Å². The van der Waals surface area contributed by atoms with Crippen LogP contribution in [0.15, 0.2) is 60.7 Å². The maximum absolute atomic E-state index is 11.0. The maximum Gasteiger partial charge on any atom is 0.140 e. The number of anilines is 3. The average Bonchev–Trinajstić information content (AvgIpc) is 2.77. The molecule has 0 heterocycles. The summed E-state index contributed by atoms with van der Waals surface area (Å²) in [6.07, 6.45) is 0. The molecule has 0 atom stereocenters. The quantitative estimate of drug-likeness (QED) is 0.277. The molecule has 0 aromatic heterocycles. The van der Waals surface area contributed by atoms with E-state index in [0.29, 0.717) is 28.4 Å². The summed E-state index contributed by atoms with van der Waals surface area (Å²) in [5.74, 6) is 1.68. The van der Waals surface area contributed by atoms with Gasteiger partial charge in [-0.05, 0) is 112 Å². The minimum Gasteiger partial charge on any atom is -0.508 e. The number of hydrogen-bond donors (Lipinski definition) is 3. The standard InChI is InChI=1S/C30H31NO4/c1-17-13-20(4)28(26(33)15-17)31(29-21(5)14-18(2)16-27(29)34)23-8-10-24(11-9-23)35-30-19(3)7-12-25(32)22(30)6/h7-16,32-34H,1-6H3. The summed E-state index contributed by atoms with van der Waals surface area (Å²) >= 11 is 0. The number of ether oxygens (including phenoxy) is 1. The molecule has 0 saturated carbocycles. The lowest BCUT2D eigenvalue weighted by atomic mass is 10.0. The van der Waals surface area contributed by atoms with Gasteiger partial charge in [0.2, 0.25) is 0 Å². The molecule has 0 spiro atoms. The number of benzene rings is 4. The fourth-order valence-electron chi connectivity index (χ4n) is 4.58. The van der Waals surface area contributed by atoms with Crippen LogP contribution < -0.4 is 9.64 Å². The lowest BCUT2D eigenvalue weighted by Crippen LogP contribution is -2.13. The van der Waals surface area contributed by atoms with E-state index in [1.54, 1.807) is 18.2 Å². The van der Waals surface area contributed by atoms with Crippen molar-refractivity contribution in [3.8, 4) is 28.7 Å². The fourth-order valence-corrected chi connectivity index (χ4v) is 4.58. The minimum atomic E-state index is 0.133. The molecule has 4 aromatic carbocycles. The van der Waals surface area contributed by atoms with Crippen LogP contribution >= 0.6 is 0 Å². The van der Waals surface area contributed by atoms with Crippen LogP contribution in [0.2, 0.25) is 0 Å². The number of nitrogens with zero attached hydrogens (tertiary/aromatic N) is 1. The number of phenols is 3. The van der Waals surface area contributed by atoms with Gasteiger partial charge in [-0.3, -0.25) is 0 Å². The smallest absolute Gasteiger partial charge is 0.140 e. The van der Waals surface area contributed by atoms with Gasteiger partial charge in [0.15, 0.2) is 0 Å². The average molecular weight is 470 g/mol. The second-order valence-electron chi connectivity index (χ2n) is 9.19. The zero-order valence-electron chi connectivity index (χ0n) is 21.0. The molecule has 35 heavy (non-hydrogen) atoms. The first-order chi connectivity index (χ1) is 16.6. The molecule has 0 radical (unpaired) electrons. The Bertz CT molecular complexity index is 1300. The summed E-state index contributed by atoms with van der Waals surface area (Å²) in [6, 6.07) is 18.4. The van der Waals surface area contributed by atoms with E-state index >= 15 is 0 Å². The van der Waals surface area contributed by atoms with Crippen molar-refractivity contribution in [1.29, 1.82) is 0 Å². The molecule has 0 aliphatic rings. The number of rotatable bonds is 5. The Hall–Kier alpha value is -4.12. The summed E-state index contributed by atoms with van der Waals surface area (Å²) in [7, 11) is 0. The molecule has 0 saturated heterocycles. The highest BCUT2D eigenvalue weighted by Crippen LogP contribution is 2.47. The SMILES string of the molecule is Cc1cc(C)c(N(c2ccc(Oc3c(C)ccc(O)c3C)cc2)c2c(C)cc(C)cc2O)c(O)c1. The third kappa shape index (κ3) is 4.62. The summed E-state index contributed by atoms with van der Waals surface area (Å²) in [5.41, 5.74) is 7.23. The number of hydrogen-bond acceptors (Lipinski definition) is 5. The van der Waals surface area contributed by atoms with E-state index < -0.39 is 0 Å². The van der Waals surface area contributed by atoms with E-state index in [-0.39, 0.29) is 17.2 Å². The van der Waals surface area contributed by atoms with E-state index in [2.05, 4.69) is 0 Å². The Balaban J connectivity index is 1.84. The topological polar surface area (TPSA) is 73.2 Å². The van der Waals surface area contributed by atoms with Crippen LogP contribution in [0.3, 0.4) is 0 Å². The lowest BCUT2D eigenvalue weighted by molar-refractivity contribution is 0.446. The Labute approximate surface area is 206 Å². The zero-order valence-corrected chi connectivity index (χ0v) is 21.0. The van der Waals surface area contributed by atoms with Crippen LogP contribution in [0.25, 0.3) is 0 Å². The first-order valence-electron chi connectivity index (χ1n) is 11.5. The third-order valence-electron chi connectivity index (χ3n) is 6.19. The van der Waals surface area contributed by atoms with Gasteiger partial charge in [-0.15, -0.1) is 0 Å². The molecule has 0 unspecified atom stereocenters. The Morgan fingerprint density at radius 1 is 0.571 bits per heavy atom. The molecule has 0 aliphatic heterocycles. The van der Waals surface area contributed by atoms with Crippen molar-refractivity contribution in [2.75, 3.05) is 4.90 Å². The minimum absolute atomic E-state index is 0.133. The van der Waals surface area contributed by atoms with Gasteiger partial charge < -0.3 is 25.0 Å². The summed E-state index contributed by atoms with van der Waals surface area (Å²) in [6.45, 7) is 11.5. The van der Waals surface area contributed by atoms with Crippen LogP contribution in [0.4, 0.5) is 17.1 Å². The molecular weight excluding hydrogens is 438 g/mol. The van der Waals surface area contributed by atoms with Gasteiger partial charge in [-0.1, -0.05) is 18.2 Å². The molecule has 0 fully saturated rings. The first kappa shape index (κ1) is 24.0. The largest absolute Gasteiger partial charge is 0.508 e. The van der Waals surface area contributed by atoms with E-state index in [1.165, 1.54) is 0 Å². The van der Waals surface area contributed by atoms with Gasteiger partial charge in [-0.25, -0.2) is 0 Å². The van der Waals surface area contributed by atoms with Crippen molar-refractivity contribution in [2.45, 2.75) is 41.5 Å². The van der Waals surface area contributed by atoms with E-state index in [0.717, 1.165) is 33.5 Å². The number of aromatic hydroxyl groups is 3.